The molecule has 0 saturated carbocycles. The minimum absolute atomic E-state index is 0.114. The number of rotatable bonds is 9. The molecular weight excluding hydrogens is 646 g/mol. The van der Waals surface area contributed by atoms with Gasteiger partial charge in [-0.1, -0.05) is 19.1 Å². The molecule has 5 rings (SSSR count). The van der Waals surface area contributed by atoms with Gasteiger partial charge in [0, 0.05) is 50.6 Å². The first-order valence-corrected chi connectivity index (χ1v) is 16.2. The Hall–Kier alpha value is -4.27. The van der Waals surface area contributed by atoms with Crippen LogP contribution < -0.4 is 15.8 Å². The fourth-order valence-electron chi connectivity index (χ4n) is 5.69. The number of anilines is 2. The zero-order valence-corrected chi connectivity index (χ0v) is 28.0. The highest BCUT2D eigenvalue weighted by molar-refractivity contribution is 6.07. The van der Waals surface area contributed by atoms with Gasteiger partial charge in [-0.05, 0) is 62.7 Å². The summed E-state index contributed by atoms with van der Waals surface area (Å²) in [4.78, 5) is 46.3. The number of carbonyl (C=O) groups is 2. The maximum atomic E-state index is 15.4. The van der Waals surface area contributed by atoms with Crippen LogP contribution in [0, 0.1) is 11.2 Å². The van der Waals surface area contributed by atoms with Crippen molar-refractivity contribution in [3.8, 4) is 11.1 Å². The second-order valence-corrected chi connectivity index (χ2v) is 13.0. The molecule has 2 aliphatic heterocycles. The lowest BCUT2D eigenvalue weighted by atomic mass is 9.91. The van der Waals surface area contributed by atoms with Gasteiger partial charge in [-0.15, -0.1) is 0 Å². The summed E-state index contributed by atoms with van der Waals surface area (Å²) in [6.45, 7) is 9.82. The Morgan fingerprint density at radius 2 is 1.78 bits per heavy atom. The monoisotopic (exact) mass is 687 g/mol. The number of hydrogen-bond acceptors (Lipinski definition) is 8. The molecule has 1 atom stereocenters. The summed E-state index contributed by atoms with van der Waals surface area (Å²) in [7, 11) is 1.82. The number of nitrogens with one attached hydrogen (secondary N) is 2. The number of likely N-dealkylation sites (N-methyl/N-ethyl adjacent to an activating group) is 1. The third-order valence-corrected chi connectivity index (χ3v) is 9.18. The van der Waals surface area contributed by atoms with Gasteiger partial charge in [-0.25, -0.2) is 4.39 Å². The number of aromatic nitrogens is 1. The van der Waals surface area contributed by atoms with Crippen molar-refractivity contribution in [3.63, 3.8) is 0 Å². The minimum atomic E-state index is -4.98. The number of morpholine rings is 1. The van der Waals surface area contributed by atoms with E-state index in [0.717, 1.165) is 24.8 Å². The van der Waals surface area contributed by atoms with Crippen LogP contribution in [0.4, 0.5) is 28.9 Å². The first kappa shape index (κ1) is 36.0. The van der Waals surface area contributed by atoms with E-state index in [1.807, 2.05) is 23.8 Å². The highest BCUT2D eigenvalue weighted by atomic mass is 19.4. The Morgan fingerprint density at radius 1 is 1.04 bits per heavy atom. The summed E-state index contributed by atoms with van der Waals surface area (Å²) in [6.07, 6.45) is -4.34. The van der Waals surface area contributed by atoms with Crippen molar-refractivity contribution in [1.82, 2.24) is 14.8 Å². The molecule has 2 aromatic carbocycles. The highest BCUT2D eigenvalue weighted by Crippen LogP contribution is 2.36. The molecule has 1 unspecified atom stereocenters. The van der Waals surface area contributed by atoms with E-state index < -0.39 is 46.2 Å². The van der Waals surface area contributed by atoms with Crippen molar-refractivity contribution in [3.05, 3.63) is 81.5 Å². The number of amides is 1. The van der Waals surface area contributed by atoms with E-state index in [1.54, 1.807) is 38.1 Å². The van der Waals surface area contributed by atoms with E-state index in [0.29, 0.717) is 56.6 Å². The molecule has 3 heterocycles. The molecule has 0 aliphatic carbocycles. The molecule has 0 bridgehead atoms. The molecule has 2 saturated heterocycles. The van der Waals surface area contributed by atoms with Gasteiger partial charge in [0.15, 0.2) is 6.23 Å². The number of benzene rings is 2. The summed E-state index contributed by atoms with van der Waals surface area (Å²) < 4.78 is 68.3. The second kappa shape index (κ2) is 14.7. The zero-order valence-electron chi connectivity index (χ0n) is 28.0. The number of hydrogen-bond donors (Lipinski definition) is 2. The van der Waals surface area contributed by atoms with Crippen molar-refractivity contribution in [2.24, 2.45) is 5.41 Å². The van der Waals surface area contributed by atoms with Gasteiger partial charge >= 0.3 is 12.1 Å². The Labute approximate surface area is 282 Å². The molecule has 2 fully saturated rings. The van der Waals surface area contributed by atoms with E-state index in [9.17, 15) is 27.6 Å². The van der Waals surface area contributed by atoms with Gasteiger partial charge in [-0.3, -0.25) is 24.2 Å². The van der Waals surface area contributed by atoms with Crippen LogP contribution in [0.25, 0.3) is 11.1 Å². The molecule has 1 aromatic heterocycles. The van der Waals surface area contributed by atoms with Gasteiger partial charge in [0.05, 0.1) is 47.7 Å². The Bertz CT molecular complexity index is 1740. The van der Waals surface area contributed by atoms with E-state index >= 15 is 4.39 Å². The van der Waals surface area contributed by atoms with E-state index in [-0.39, 0.29) is 23.8 Å². The van der Waals surface area contributed by atoms with Gasteiger partial charge in [0.2, 0.25) is 5.56 Å². The van der Waals surface area contributed by atoms with Gasteiger partial charge in [-0.2, -0.15) is 13.2 Å². The standard InChI is InChI=1S/C35H41F4N5O5/c1-5-34(2,3)33(47)49-31-21-44(11-10-42(31)4)29-9-7-23(24-16-22(6-8-27(24)36)20-43-12-14-48-15-13-43)17-28(29)41-32(46)25-19-40-30(45)18-26(25)35(37,38)39/h6-9,16-19,31H,5,10-15,20-21H2,1-4H3,(H,40,45)(H,41,46). The van der Waals surface area contributed by atoms with Crippen LogP contribution in [-0.4, -0.2) is 85.9 Å². The molecule has 1 amide bonds. The summed E-state index contributed by atoms with van der Waals surface area (Å²) >= 11 is 0. The average Bonchev–Trinajstić information content (AvgIpc) is 3.06. The van der Waals surface area contributed by atoms with Crippen LogP contribution in [0.2, 0.25) is 0 Å². The molecule has 2 N–H and O–H groups in total. The van der Waals surface area contributed by atoms with Crippen LogP contribution in [0.1, 0.15) is 48.7 Å². The summed E-state index contributed by atoms with van der Waals surface area (Å²) in [6, 6.07) is 9.98. The number of alkyl halides is 3. The number of nitrogens with zero attached hydrogens (tertiary/aromatic N) is 3. The van der Waals surface area contributed by atoms with Crippen molar-refractivity contribution in [1.29, 1.82) is 0 Å². The fourth-order valence-corrected chi connectivity index (χ4v) is 5.69. The molecule has 264 valence electrons. The number of carbonyl (C=O) groups excluding carboxylic acids is 2. The Morgan fingerprint density at radius 3 is 2.47 bits per heavy atom. The molecule has 14 heteroatoms. The average molecular weight is 688 g/mol. The third-order valence-electron chi connectivity index (χ3n) is 9.18. The quantitative estimate of drug-likeness (QED) is 0.230. The molecule has 10 nitrogen and oxygen atoms in total. The number of esters is 1. The maximum Gasteiger partial charge on any atom is 0.417 e. The minimum Gasteiger partial charge on any atom is -0.444 e. The van der Waals surface area contributed by atoms with Crippen LogP contribution >= 0.6 is 0 Å². The van der Waals surface area contributed by atoms with Crippen LogP contribution in [0.5, 0.6) is 0 Å². The largest absolute Gasteiger partial charge is 0.444 e. The lowest BCUT2D eigenvalue weighted by molar-refractivity contribution is -0.169. The van der Waals surface area contributed by atoms with Gasteiger partial charge in [0.25, 0.3) is 5.91 Å². The molecule has 2 aliphatic rings. The maximum absolute atomic E-state index is 15.4. The van der Waals surface area contributed by atoms with E-state index in [4.69, 9.17) is 9.47 Å². The van der Waals surface area contributed by atoms with Crippen molar-refractivity contribution in [2.45, 2.75) is 46.1 Å². The number of halogens is 4. The summed E-state index contributed by atoms with van der Waals surface area (Å²) in [5.74, 6) is -2.01. The SMILES string of the molecule is CCC(C)(C)C(=O)OC1CN(c2ccc(-c3cc(CN4CCOCC4)ccc3F)cc2NC(=O)c2c[nH]c(=O)cc2C(F)(F)F)CCN1C. The Kier molecular flexibility index (Phi) is 10.8. The van der Waals surface area contributed by atoms with Crippen LogP contribution in [0.3, 0.4) is 0 Å². The van der Waals surface area contributed by atoms with Gasteiger partial charge in [0.1, 0.15) is 5.82 Å². The molecule has 0 radical (unpaired) electrons. The topological polar surface area (TPSA) is 107 Å². The third kappa shape index (κ3) is 8.49. The number of H-pyrrole nitrogens is 1. The predicted molar refractivity (Wildman–Crippen MR) is 177 cm³/mol. The van der Waals surface area contributed by atoms with Gasteiger partial charge < -0.3 is 24.7 Å². The number of pyridine rings is 1. The number of aromatic amines is 1. The fraction of sp³-hybridized carbons (Fsp3) is 0.457. The summed E-state index contributed by atoms with van der Waals surface area (Å²) in [5.41, 5.74) is -1.85. The van der Waals surface area contributed by atoms with Crippen LogP contribution in [0.15, 0.2) is 53.5 Å². The highest BCUT2D eigenvalue weighted by Gasteiger charge is 2.37. The molecule has 0 spiro atoms. The van der Waals surface area contributed by atoms with Crippen LogP contribution in [-0.2, 0) is 27.0 Å². The molecule has 49 heavy (non-hydrogen) atoms. The predicted octanol–water partition coefficient (Wildman–Crippen LogP) is 5.34. The van der Waals surface area contributed by atoms with Crippen molar-refractivity contribution in [2.75, 3.05) is 63.2 Å². The molecule has 3 aromatic rings. The van der Waals surface area contributed by atoms with Crippen molar-refractivity contribution >= 4 is 23.3 Å². The summed E-state index contributed by atoms with van der Waals surface area (Å²) in [5, 5.41) is 2.60. The lowest BCUT2D eigenvalue weighted by Crippen LogP contribution is -2.54. The van der Waals surface area contributed by atoms with E-state index in [2.05, 4.69) is 15.2 Å². The van der Waals surface area contributed by atoms with E-state index in [1.165, 1.54) is 12.1 Å². The number of ether oxygens (including phenoxy) is 2. The second-order valence-electron chi connectivity index (χ2n) is 13.0. The first-order valence-electron chi connectivity index (χ1n) is 16.2. The smallest absolute Gasteiger partial charge is 0.417 e. The normalized spacial score (nSPS) is 18.0. The van der Waals surface area contributed by atoms with Crippen molar-refractivity contribution < 1.29 is 36.6 Å². The Balaban J connectivity index is 1.52. The zero-order chi connectivity index (χ0) is 35.5. The first-order chi connectivity index (χ1) is 23.2. The number of piperazine rings is 1. The lowest BCUT2D eigenvalue weighted by Gasteiger charge is -2.41. The molecular formula is C35H41F4N5O5.